The van der Waals surface area contributed by atoms with E-state index in [4.69, 9.17) is 10.5 Å². The smallest absolute Gasteiger partial charge is 0.222 e. The Kier molecular flexibility index (Phi) is 2.60. The van der Waals surface area contributed by atoms with Gasteiger partial charge in [-0.15, -0.1) is 0 Å². The lowest BCUT2D eigenvalue weighted by molar-refractivity contribution is -0.119. The molecule has 1 fully saturated rings. The maximum absolute atomic E-state index is 11.1. The minimum Gasteiger partial charge on any atom is -0.497 e. The standard InChI is InChI=1S/C11H14N2O2/c1-15-8-4-2-7(3-5-8)11-9(12)6-10(14)13-11/h2-5,9,11H,6,12H2,1H3,(H,13,14). The van der Waals surface area contributed by atoms with Gasteiger partial charge in [-0.1, -0.05) is 12.1 Å². The van der Waals surface area contributed by atoms with E-state index in [0.717, 1.165) is 11.3 Å². The molecule has 1 aliphatic heterocycles. The minimum absolute atomic E-state index is 0.0170. The lowest BCUT2D eigenvalue weighted by Gasteiger charge is -2.15. The fraction of sp³-hybridized carbons (Fsp3) is 0.364. The fourth-order valence-electron chi connectivity index (χ4n) is 1.81. The number of methoxy groups -OCH3 is 1. The van der Waals surface area contributed by atoms with E-state index in [1.807, 2.05) is 24.3 Å². The monoisotopic (exact) mass is 206 g/mol. The van der Waals surface area contributed by atoms with Gasteiger partial charge in [0.1, 0.15) is 5.75 Å². The summed E-state index contributed by atoms with van der Waals surface area (Å²) in [7, 11) is 1.62. The van der Waals surface area contributed by atoms with Crippen LogP contribution in [0.3, 0.4) is 0 Å². The Labute approximate surface area is 88.4 Å². The van der Waals surface area contributed by atoms with Crippen LogP contribution in [0.25, 0.3) is 0 Å². The summed E-state index contributed by atoms with van der Waals surface area (Å²) in [5, 5.41) is 2.85. The highest BCUT2D eigenvalue weighted by Crippen LogP contribution is 2.24. The lowest BCUT2D eigenvalue weighted by Crippen LogP contribution is -2.28. The molecule has 0 saturated carbocycles. The van der Waals surface area contributed by atoms with Crippen molar-refractivity contribution in [3.63, 3.8) is 0 Å². The Morgan fingerprint density at radius 1 is 1.40 bits per heavy atom. The largest absolute Gasteiger partial charge is 0.497 e. The van der Waals surface area contributed by atoms with E-state index in [2.05, 4.69) is 5.32 Å². The zero-order valence-corrected chi connectivity index (χ0v) is 8.57. The predicted molar refractivity (Wildman–Crippen MR) is 56.5 cm³/mol. The molecule has 0 radical (unpaired) electrons. The minimum atomic E-state index is -0.133. The van der Waals surface area contributed by atoms with Crippen LogP contribution in [0.2, 0.25) is 0 Å². The van der Waals surface area contributed by atoms with Gasteiger partial charge < -0.3 is 15.8 Å². The van der Waals surface area contributed by atoms with Crippen molar-refractivity contribution < 1.29 is 9.53 Å². The average molecular weight is 206 g/mol. The molecule has 1 aliphatic rings. The molecule has 4 heteroatoms. The van der Waals surface area contributed by atoms with Crippen molar-refractivity contribution in [3.8, 4) is 5.75 Å². The second-order valence-electron chi connectivity index (χ2n) is 3.69. The van der Waals surface area contributed by atoms with Gasteiger partial charge in [0, 0.05) is 12.5 Å². The van der Waals surface area contributed by atoms with Gasteiger partial charge in [0.2, 0.25) is 5.91 Å². The maximum atomic E-state index is 11.1. The number of ether oxygens (including phenoxy) is 1. The van der Waals surface area contributed by atoms with Gasteiger partial charge in [0.05, 0.1) is 13.2 Å². The number of rotatable bonds is 2. The predicted octanol–water partition coefficient (Wildman–Crippen LogP) is 0.583. The van der Waals surface area contributed by atoms with Crippen molar-refractivity contribution in [1.82, 2.24) is 5.32 Å². The van der Waals surface area contributed by atoms with Gasteiger partial charge >= 0.3 is 0 Å². The van der Waals surface area contributed by atoms with E-state index in [9.17, 15) is 4.79 Å². The fourth-order valence-corrected chi connectivity index (χ4v) is 1.81. The summed E-state index contributed by atoms with van der Waals surface area (Å²) >= 11 is 0. The van der Waals surface area contributed by atoms with Crippen LogP contribution in [-0.4, -0.2) is 19.1 Å². The third-order valence-corrected chi connectivity index (χ3v) is 2.64. The molecular formula is C11H14N2O2. The highest BCUT2D eigenvalue weighted by atomic mass is 16.5. The number of nitrogens with one attached hydrogen (secondary N) is 1. The van der Waals surface area contributed by atoms with E-state index in [0.29, 0.717) is 6.42 Å². The van der Waals surface area contributed by atoms with E-state index >= 15 is 0 Å². The van der Waals surface area contributed by atoms with E-state index in [1.54, 1.807) is 7.11 Å². The van der Waals surface area contributed by atoms with Gasteiger partial charge in [-0.3, -0.25) is 4.79 Å². The van der Waals surface area contributed by atoms with Crippen LogP contribution in [0, 0.1) is 0 Å². The summed E-state index contributed by atoms with van der Waals surface area (Å²) in [6.07, 6.45) is 0.399. The van der Waals surface area contributed by atoms with Crippen LogP contribution in [0.1, 0.15) is 18.0 Å². The number of hydrogen-bond donors (Lipinski definition) is 2. The van der Waals surface area contributed by atoms with Crippen LogP contribution in [-0.2, 0) is 4.79 Å². The van der Waals surface area contributed by atoms with Crippen LogP contribution in [0.4, 0.5) is 0 Å². The Bertz CT molecular complexity index is 361. The molecule has 1 aromatic carbocycles. The third kappa shape index (κ3) is 1.94. The molecule has 1 amide bonds. The van der Waals surface area contributed by atoms with Gasteiger partial charge in [0.15, 0.2) is 0 Å². The molecule has 0 aromatic heterocycles. The third-order valence-electron chi connectivity index (χ3n) is 2.64. The number of amides is 1. The van der Waals surface area contributed by atoms with Gasteiger partial charge in [-0.2, -0.15) is 0 Å². The highest BCUT2D eigenvalue weighted by Gasteiger charge is 2.30. The van der Waals surface area contributed by atoms with Crippen molar-refractivity contribution in [2.75, 3.05) is 7.11 Å². The average Bonchev–Trinajstić information content (AvgIpc) is 2.58. The second-order valence-corrected chi connectivity index (χ2v) is 3.69. The Hall–Kier alpha value is -1.55. The molecule has 0 aliphatic carbocycles. The summed E-state index contributed by atoms with van der Waals surface area (Å²) in [5.74, 6) is 0.819. The van der Waals surface area contributed by atoms with Crippen molar-refractivity contribution >= 4 is 5.91 Å². The molecule has 3 N–H and O–H groups in total. The zero-order chi connectivity index (χ0) is 10.8. The molecule has 4 nitrogen and oxygen atoms in total. The summed E-state index contributed by atoms with van der Waals surface area (Å²) in [6, 6.07) is 7.39. The molecule has 2 atom stereocenters. The molecule has 1 saturated heterocycles. The highest BCUT2D eigenvalue weighted by molar-refractivity contribution is 5.80. The van der Waals surface area contributed by atoms with E-state index in [-0.39, 0.29) is 18.0 Å². The first-order valence-corrected chi connectivity index (χ1v) is 4.89. The first kappa shape index (κ1) is 9.98. The first-order chi connectivity index (χ1) is 7.20. The normalized spacial score (nSPS) is 25.1. The summed E-state index contributed by atoms with van der Waals surface area (Å²) in [5.41, 5.74) is 6.88. The summed E-state index contributed by atoms with van der Waals surface area (Å²) in [6.45, 7) is 0. The molecule has 1 heterocycles. The molecule has 0 spiro atoms. The van der Waals surface area contributed by atoms with Crippen LogP contribution in [0.5, 0.6) is 5.75 Å². The number of carbonyl (C=O) groups is 1. The molecule has 2 rings (SSSR count). The topological polar surface area (TPSA) is 64.3 Å². The Morgan fingerprint density at radius 2 is 2.07 bits per heavy atom. The molecule has 80 valence electrons. The molecule has 0 bridgehead atoms. The first-order valence-electron chi connectivity index (χ1n) is 4.89. The maximum Gasteiger partial charge on any atom is 0.222 e. The van der Waals surface area contributed by atoms with Crippen LogP contribution in [0.15, 0.2) is 24.3 Å². The van der Waals surface area contributed by atoms with Gasteiger partial charge in [-0.05, 0) is 17.7 Å². The summed E-state index contributed by atoms with van der Waals surface area (Å²) < 4.78 is 5.06. The lowest BCUT2D eigenvalue weighted by atomic mass is 10.0. The molecule has 2 unspecified atom stereocenters. The second kappa shape index (κ2) is 3.90. The number of benzene rings is 1. The van der Waals surface area contributed by atoms with Crippen molar-refractivity contribution in [2.45, 2.75) is 18.5 Å². The zero-order valence-electron chi connectivity index (χ0n) is 8.57. The Balaban J connectivity index is 2.19. The van der Waals surface area contributed by atoms with Crippen LogP contribution < -0.4 is 15.8 Å². The van der Waals surface area contributed by atoms with Gasteiger partial charge in [0.25, 0.3) is 0 Å². The molecule has 15 heavy (non-hydrogen) atoms. The van der Waals surface area contributed by atoms with E-state index < -0.39 is 0 Å². The van der Waals surface area contributed by atoms with Crippen LogP contribution >= 0.6 is 0 Å². The number of carbonyl (C=O) groups excluding carboxylic acids is 1. The number of hydrogen-bond acceptors (Lipinski definition) is 3. The van der Waals surface area contributed by atoms with Crippen molar-refractivity contribution in [1.29, 1.82) is 0 Å². The summed E-state index contributed by atoms with van der Waals surface area (Å²) in [4.78, 5) is 11.1. The molecular weight excluding hydrogens is 192 g/mol. The number of nitrogens with two attached hydrogens (primary N) is 1. The Morgan fingerprint density at radius 3 is 2.53 bits per heavy atom. The molecule has 1 aromatic rings. The van der Waals surface area contributed by atoms with Crippen molar-refractivity contribution in [3.05, 3.63) is 29.8 Å². The van der Waals surface area contributed by atoms with Gasteiger partial charge in [-0.25, -0.2) is 0 Å². The van der Waals surface area contributed by atoms with E-state index in [1.165, 1.54) is 0 Å². The quantitative estimate of drug-likeness (QED) is 0.744. The SMILES string of the molecule is COc1ccc(C2NC(=O)CC2N)cc1. The van der Waals surface area contributed by atoms with Crippen molar-refractivity contribution in [2.24, 2.45) is 5.73 Å².